The molecule has 4 nitrogen and oxygen atoms in total. The summed E-state index contributed by atoms with van der Waals surface area (Å²) in [6, 6.07) is 5.62. The highest BCUT2D eigenvalue weighted by molar-refractivity contribution is 5.98. The maximum absolute atomic E-state index is 12.3. The van der Waals surface area contributed by atoms with Crippen molar-refractivity contribution in [2.45, 2.75) is 27.7 Å². The SMILES string of the molecule is CC(CNC(=O)c1cccc2c1OCCN2)C(C)(C)C. The predicted molar refractivity (Wildman–Crippen MR) is 81.4 cm³/mol. The maximum atomic E-state index is 12.3. The zero-order chi connectivity index (χ0) is 14.8. The second-order valence-electron chi connectivity index (χ2n) is 6.43. The first-order chi connectivity index (χ1) is 9.39. The van der Waals surface area contributed by atoms with Gasteiger partial charge in [0.15, 0.2) is 5.75 Å². The molecular weight excluding hydrogens is 252 g/mol. The fourth-order valence-corrected chi connectivity index (χ4v) is 2.00. The fourth-order valence-electron chi connectivity index (χ4n) is 2.00. The molecule has 20 heavy (non-hydrogen) atoms. The third-order valence-corrected chi connectivity index (χ3v) is 3.97. The molecule has 1 amide bonds. The lowest BCUT2D eigenvalue weighted by molar-refractivity contribution is 0.0933. The minimum Gasteiger partial charge on any atom is -0.489 e. The number of nitrogens with one attached hydrogen (secondary N) is 2. The van der Waals surface area contributed by atoms with Crippen molar-refractivity contribution in [3.8, 4) is 5.75 Å². The fraction of sp³-hybridized carbons (Fsp3) is 0.562. The Morgan fingerprint density at radius 2 is 2.20 bits per heavy atom. The Kier molecular flexibility index (Phi) is 4.21. The highest BCUT2D eigenvalue weighted by Gasteiger charge is 2.22. The Hall–Kier alpha value is -1.71. The number of carbonyl (C=O) groups is 1. The van der Waals surface area contributed by atoms with E-state index in [1.807, 2.05) is 18.2 Å². The summed E-state index contributed by atoms with van der Waals surface area (Å²) < 4.78 is 5.63. The van der Waals surface area contributed by atoms with Crippen LogP contribution in [-0.4, -0.2) is 25.6 Å². The van der Waals surface area contributed by atoms with Crippen molar-refractivity contribution >= 4 is 11.6 Å². The zero-order valence-electron chi connectivity index (χ0n) is 12.7. The highest BCUT2D eigenvalue weighted by Crippen LogP contribution is 2.31. The summed E-state index contributed by atoms with van der Waals surface area (Å²) >= 11 is 0. The van der Waals surface area contributed by atoms with Gasteiger partial charge in [-0.1, -0.05) is 33.8 Å². The number of hydrogen-bond acceptors (Lipinski definition) is 3. The van der Waals surface area contributed by atoms with Crippen molar-refractivity contribution in [3.63, 3.8) is 0 Å². The van der Waals surface area contributed by atoms with Crippen LogP contribution in [0.3, 0.4) is 0 Å². The van der Waals surface area contributed by atoms with Crippen LogP contribution in [0.1, 0.15) is 38.1 Å². The molecule has 1 aliphatic heterocycles. The van der Waals surface area contributed by atoms with Gasteiger partial charge < -0.3 is 15.4 Å². The first-order valence-corrected chi connectivity index (χ1v) is 7.17. The molecule has 0 aliphatic carbocycles. The minimum absolute atomic E-state index is 0.0679. The molecule has 1 aromatic carbocycles. The summed E-state index contributed by atoms with van der Waals surface area (Å²) in [5.41, 5.74) is 1.69. The van der Waals surface area contributed by atoms with E-state index in [-0.39, 0.29) is 11.3 Å². The van der Waals surface area contributed by atoms with Crippen LogP contribution in [0.15, 0.2) is 18.2 Å². The van der Waals surface area contributed by atoms with Crippen LogP contribution in [-0.2, 0) is 0 Å². The molecule has 110 valence electrons. The van der Waals surface area contributed by atoms with Gasteiger partial charge in [-0.3, -0.25) is 4.79 Å². The summed E-state index contributed by atoms with van der Waals surface area (Å²) in [7, 11) is 0. The molecule has 0 fully saturated rings. The monoisotopic (exact) mass is 276 g/mol. The van der Waals surface area contributed by atoms with Gasteiger partial charge in [0.1, 0.15) is 6.61 Å². The molecule has 4 heteroatoms. The van der Waals surface area contributed by atoms with Gasteiger partial charge in [0.2, 0.25) is 0 Å². The van der Waals surface area contributed by atoms with Gasteiger partial charge in [-0.25, -0.2) is 0 Å². The Morgan fingerprint density at radius 3 is 2.90 bits per heavy atom. The van der Waals surface area contributed by atoms with E-state index in [1.165, 1.54) is 0 Å². The molecule has 1 aromatic rings. The molecule has 2 N–H and O–H groups in total. The topological polar surface area (TPSA) is 50.4 Å². The van der Waals surface area contributed by atoms with Gasteiger partial charge in [0, 0.05) is 13.1 Å². The molecule has 1 atom stereocenters. The largest absolute Gasteiger partial charge is 0.489 e. The van der Waals surface area contributed by atoms with Crippen LogP contribution in [0.4, 0.5) is 5.69 Å². The number of amides is 1. The smallest absolute Gasteiger partial charge is 0.255 e. The molecule has 1 unspecified atom stereocenters. The molecule has 0 bridgehead atoms. The normalized spacial score (nSPS) is 15.6. The molecule has 0 saturated carbocycles. The van der Waals surface area contributed by atoms with Crippen LogP contribution >= 0.6 is 0 Å². The molecule has 1 heterocycles. The van der Waals surface area contributed by atoms with Gasteiger partial charge in [0.25, 0.3) is 5.91 Å². The number of para-hydroxylation sites is 1. The van der Waals surface area contributed by atoms with Crippen molar-refractivity contribution in [1.29, 1.82) is 0 Å². The number of anilines is 1. The van der Waals surface area contributed by atoms with Gasteiger partial charge in [0.05, 0.1) is 11.3 Å². The van der Waals surface area contributed by atoms with Gasteiger partial charge >= 0.3 is 0 Å². The first-order valence-electron chi connectivity index (χ1n) is 7.17. The van der Waals surface area contributed by atoms with Crippen molar-refractivity contribution in [2.24, 2.45) is 11.3 Å². The van der Waals surface area contributed by atoms with Crippen molar-refractivity contribution < 1.29 is 9.53 Å². The van der Waals surface area contributed by atoms with Gasteiger partial charge in [-0.05, 0) is 23.5 Å². The maximum Gasteiger partial charge on any atom is 0.255 e. The first kappa shape index (κ1) is 14.7. The van der Waals surface area contributed by atoms with E-state index in [9.17, 15) is 4.79 Å². The van der Waals surface area contributed by atoms with Gasteiger partial charge in [-0.2, -0.15) is 0 Å². The molecule has 0 radical (unpaired) electrons. The minimum atomic E-state index is -0.0679. The number of rotatable bonds is 3. The number of benzene rings is 1. The highest BCUT2D eigenvalue weighted by atomic mass is 16.5. The van der Waals surface area contributed by atoms with E-state index >= 15 is 0 Å². The van der Waals surface area contributed by atoms with E-state index in [0.717, 1.165) is 12.2 Å². The standard InChI is InChI=1S/C16H24N2O2/c1-11(16(2,3)4)10-18-15(19)12-6-5-7-13-14(12)20-9-8-17-13/h5-7,11,17H,8-10H2,1-4H3,(H,18,19). The number of carbonyl (C=O) groups excluding carboxylic acids is 1. The Balaban J connectivity index is 2.07. The number of hydrogen-bond donors (Lipinski definition) is 2. The van der Waals surface area contributed by atoms with Crippen molar-refractivity contribution in [2.75, 3.05) is 25.0 Å². The van der Waals surface area contributed by atoms with E-state index in [0.29, 0.717) is 30.4 Å². The van der Waals surface area contributed by atoms with Gasteiger partial charge in [-0.15, -0.1) is 0 Å². The molecule has 0 spiro atoms. The summed E-state index contributed by atoms with van der Waals surface area (Å²) in [5.74, 6) is 1.01. The summed E-state index contributed by atoms with van der Waals surface area (Å²) in [5, 5.41) is 6.25. The molecule has 1 aliphatic rings. The Bertz CT molecular complexity index is 492. The van der Waals surface area contributed by atoms with E-state index in [1.54, 1.807) is 0 Å². The molecular formula is C16H24N2O2. The molecule has 0 aromatic heterocycles. The zero-order valence-corrected chi connectivity index (χ0v) is 12.7. The Labute approximate surface area is 120 Å². The second kappa shape index (κ2) is 5.73. The third kappa shape index (κ3) is 3.24. The van der Waals surface area contributed by atoms with Crippen LogP contribution < -0.4 is 15.4 Å². The lowest BCUT2D eigenvalue weighted by Crippen LogP contribution is -2.34. The quantitative estimate of drug-likeness (QED) is 0.892. The summed E-state index contributed by atoms with van der Waals surface area (Å²) in [6.07, 6.45) is 0. The lowest BCUT2D eigenvalue weighted by atomic mass is 9.82. The van der Waals surface area contributed by atoms with E-state index < -0.39 is 0 Å². The summed E-state index contributed by atoms with van der Waals surface area (Å²) in [4.78, 5) is 12.3. The van der Waals surface area contributed by atoms with Crippen LogP contribution in [0.25, 0.3) is 0 Å². The summed E-state index contributed by atoms with van der Waals surface area (Å²) in [6.45, 7) is 10.7. The van der Waals surface area contributed by atoms with Crippen LogP contribution in [0.2, 0.25) is 0 Å². The van der Waals surface area contributed by atoms with E-state index in [4.69, 9.17) is 4.74 Å². The number of fused-ring (bicyclic) bond motifs is 1. The van der Waals surface area contributed by atoms with Crippen molar-refractivity contribution in [1.82, 2.24) is 5.32 Å². The average Bonchev–Trinajstić information content (AvgIpc) is 2.42. The predicted octanol–water partition coefficient (Wildman–Crippen LogP) is 2.90. The second-order valence-corrected chi connectivity index (χ2v) is 6.43. The average molecular weight is 276 g/mol. The van der Waals surface area contributed by atoms with E-state index in [2.05, 4.69) is 38.3 Å². The lowest BCUT2D eigenvalue weighted by Gasteiger charge is -2.27. The molecule has 2 rings (SSSR count). The van der Waals surface area contributed by atoms with Crippen LogP contribution in [0, 0.1) is 11.3 Å². The Morgan fingerprint density at radius 1 is 1.45 bits per heavy atom. The van der Waals surface area contributed by atoms with Crippen molar-refractivity contribution in [3.05, 3.63) is 23.8 Å². The number of ether oxygens (including phenoxy) is 1. The van der Waals surface area contributed by atoms with Crippen LogP contribution in [0.5, 0.6) is 5.75 Å². The third-order valence-electron chi connectivity index (χ3n) is 3.97. The molecule has 0 saturated heterocycles.